The van der Waals surface area contributed by atoms with Crippen molar-refractivity contribution < 1.29 is 8.42 Å². The molecule has 0 saturated carbocycles. The second kappa shape index (κ2) is 6.05. The molecule has 0 aromatic carbocycles. The maximum Gasteiger partial charge on any atom is 0.226 e. The molecule has 1 aromatic rings. The molecule has 20 heavy (non-hydrogen) atoms. The van der Waals surface area contributed by atoms with Crippen LogP contribution in [-0.2, 0) is 10.0 Å². The minimum absolute atomic E-state index is 0.311. The third-order valence-electron chi connectivity index (χ3n) is 3.45. The zero-order valence-corrected chi connectivity index (χ0v) is 13.1. The Balaban J connectivity index is 2.03. The average molecular weight is 298 g/mol. The standard InChI is InChI=1S/C13H22N4O2S/c1-10-9-11(2)16-13(15-10)17-8-4-5-12(17)6-7-14-20(3,18)19/h9,12,14H,4-8H2,1-3H3/t12-/m0/s1. The first-order valence-electron chi connectivity index (χ1n) is 6.89. The fourth-order valence-corrected chi connectivity index (χ4v) is 3.13. The Bertz CT molecular complexity index is 553. The Morgan fingerprint density at radius 1 is 1.35 bits per heavy atom. The summed E-state index contributed by atoms with van der Waals surface area (Å²) in [5, 5.41) is 0. The van der Waals surface area contributed by atoms with Crippen LogP contribution in [0.1, 0.15) is 30.7 Å². The molecular formula is C13H22N4O2S. The van der Waals surface area contributed by atoms with E-state index in [-0.39, 0.29) is 0 Å². The lowest BCUT2D eigenvalue weighted by atomic mass is 10.1. The van der Waals surface area contributed by atoms with E-state index in [1.165, 1.54) is 6.26 Å². The number of sulfonamides is 1. The Morgan fingerprint density at radius 2 is 2.00 bits per heavy atom. The van der Waals surface area contributed by atoms with Crippen molar-refractivity contribution in [2.24, 2.45) is 0 Å². The second-order valence-electron chi connectivity index (χ2n) is 5.40. The van der Waals surface area contributed by atoms with E-state index in [4.69, 9.17) is 0 Å². The Hall–Kier alpha value is -1.21. The molecule has 0 unspecified atom stereocenters. The number of rotatable bonds is 5. The molecule has 7 heteroatoms. The van der Waals surface area contributed by atoms with Gasteiger partial charge >= 0.3 is 0 Å². The first kappa shape index (κ1) is 15.2. The van der Waals surface area contributed by atoms with Crippen LogP contribution in [0.25, 0.3) is 0 Å². The highest BCUT2D eigenvalue weighted by Gasteiger charge is 2.26. The highest BCUT2D eigenvalue weighted by Crippen LogP contribution is 2.24. The number of hydrogen-bond acceptors (Lipinski definition) is 5. The summed E-state index contributed by atoms with van der Waals surface area (Å²) in [5.41, 5.74) is 1.93. The maximum absolute atomic E-state index is 11.1. The second-order valence-corrected chi connectivity index (χ2v) is 7.23. The lowest BCUT2D eigenvalue weighted by molar-refractivity contribution is 0.564. The number of nitrogens with zero attached hydrogens (tertiary/aromatic N) is 3. The van der Waals surface area contributed by atoms with Crippen LogP contribution < -0.4 is 9.62 Å². The summed E-state index contributed by atoms with van der Waals surface area (Å²) in [4.78, 5) is 11.2. The molecule has 0 bridgehead atoms. The minimum atomic E-state index is -3.11. The van der Waals surface area contributed by atoms with E-state index < -0.39 is 10.0 Å². The zero-order valence-electron chi connectivity index (χ0n) is 12.3. The van der Waals surface area contributed by atoms with Crippen molar-refractivity contribution in [2.75, 3.05) is 24.2 Å². The Morgan fingerprint density at radius 3 is 2.60 bits per heavy atom. The maximum atomic E-state index is 11.1. The van der Waals surface area contributed by atoms with E-state index in [9.17, 15) is 8.42 Å². The van der Waals surface area contributed by atoms with Gasteiger partial charge in [-0.05, 0) is 39.2 Å². The van der Waals surface area contributed by atoms with Gasteiger partial charge in [0.1, 0.15) is 0 Å². The predicted octanol–water partition coefficient (Wildman–Crippen LogP) is 1.00. The van der Waals surface area contributed by atoms with Crippen molar-refractivity contribution in [2.45, 2.75) is 39.2 Å². The predicted molar refractivity (Wildman–Crippen MR) is 79.3 cm³/mol. The molecule has 2 rings (SSSR count). The van der Waals surface area contributed by atoms with E-state index in [0.29, 0.717) is 12.6 Å². The molecule has 1 aromatic heterocycles. The molecule has 0 amide bonds. The van der Waals surface area contributed by atoms with E-state index in [0.717, 1.165) is 43.1 Å². The van der Waals surface area contributed by atoms with Gasteiger partial charge in [0.25, 0.3) is 0 Å². The van der Waals surface area contributed by atoms with Crippen molar-refractivity contribution in [3.63, 3.8) is 0 Å². The van der Waals surface area contributed by atoms with Gasteiger partial charge in [-0.15, -0.1) is 0 Å². The summed E-state index contributed by atoms with van der Waals surface area (Å²) in [7, 11) is -3.11. The molecule has 0 aliphatic carbocycles. The van der Waals surface area contributed by atoms with E-state index in [2.05, 4.69) is 19.6 Å². The van der Waals surface area contributed by atoms with Gasteiger partial charge < -0.3 is 4.90 Å². The van der Waals surface area contributed by atoms with E-state index in [1.54, 1.807) is 0 Å². The van der Waals surface area contributed by atoms with Crippen LogP contribution in [0.5, 0.6) is 0 Å². The number of aromatic nitrogens is 2. The van der Waals surface area contributed by atoms with Crippen LogP contribution in [0.15, 0.2) is 6.07 Å². The number of aryl methyl sites for hydroxylation is 2. The summed E-state index contributed by atoms with van der Waals surface area (Å²) < 4.78 is 24.7. The van der Waals surface area contributed by atoms with E-state index >= 15 is 0 Å². The van der Waals surface area contributed by atoms with Gasteiger partial charge in [-0.1, -0.05) is 0 Å². The number of anilines is 1. The monoisotopic (exact) mass is 298 g/mol. The summed E-state index contributed by atoms with van der Waals surface area (Å²) in [6.45, 7) is 5.33. The molecule has 1 fully saturated rings. The largest absolute Gasteiger partial charge is 0.338 e. The summed E-state index contributed by atoms with van der Waals surface area (Å²) in [5.74, 6) is 0.768. The van der Waals surface area contributed by atoms with Crippen LogP contribution in [0.3, 0.4) is 0 Å². The van der Waals surface area contributed by atoms with Gasteiger partial charge in [0, 0.05) is 30.5 Å². The van der Waals surface area contributed by atoms with Gasteiger partial charge in [-0.3, -0.25) is 0 Å². The van der Waals surface area contributed by atoms with Crippen LogP contribution in [0, 0.1) is 13.8 Å². The number of nitrogens with one attached hydrogen (secondary N) is 1. The molecule has 0 spiro atoms. The van der Waals surface area contributed by atoms with E-state index in [1.807, 2.05) is 19.9 Å². The summed E-state index contributed by atoms with van der Waals surface area (Å²) >= 11 is 0. The average Bonchev–Trinajstić information content (AvgIpc) is 2.74. The van der Waals surface area contributed by atoms with Crippen LogP contribution in [-0.4, -0.2) is 43.8 Å². The molecule has 1 N–H and O–H groups in total. The van der Waals surface area contributed by atoms with Crippen LogP contribution in [0.4, 0.5) is 5.95 Å². The molecule has 1 saturated heterocycles. The van der Waals surface area contributed by atoms with Gasteiger partial charge in [-0.2, -0.15) is 0 Å². The quantitative estimate of drug-likeness (QED) is 0.878. The molecule has 1 aliphatic rings. The summed E-state index contributed by atoms with van der Waals surface area (Å²) in [6.07, 6.45) is 4.12. The van der Waals surface area contributed by atoms with Crippen molar-refractivity contribution in [1.82, 2.24) is 14.7 Å². The number of hydrogen-bond donors (Lipinski definition) is 1. The highest BCUT2D eigenvalue weighted by atomic mass is 32.2. The first-order valence-corrected chi connectivity index (χ1v) is 8.78. The van der Waals surface area contributed by atoms with Crippen LogP contribution >= 0.6 is 0 Å². The molecule has 112 valence electrons. The first-order chi connectivity index (χ1) is 9.35. The molecular weight excluding hydrogens is 276 g/mol. The lowest BCUT2D eigenvalue weighted by Crippen LogP contribution is -2.34. The smallest absolute Gasteiger partial charge is 0.226 e. The SMILES string of the molecule is Cc1cc(C)nc(N2CCC[C@H]2CCNS(C)(=O)=O)n1. The molecule has 1 atom stereocenters. The lowest BCUT2D eigenvalue weighted by Gasteiger charge is -2.25. The minimum Gasteiger partial charge on any atom is -0.338 e. The van der Waals surface area contributed by atoms with Gasteiger partial charge in [-0.25, -0.2) is 23.1 Å². The van der Waals surface area contributed by atoms with Crippen molar-refractivity contribution in [3.8, 4) is 0 Å². The normalized spacial score (nSPS) is 19.6. The zero-order chi connectivity index (χ0) is 14.8. The highest BCUT2D eigenvalue weighted by molar-refractivity contribution is 7.88. The summed E-state index contributed by atoms with van der Waals surface area (Å²) in [6, 6.07) is 2.27. The topological polar surface area (TPSA) is 75.2 Å². The molecule has 2 heterocycles. The van der Waals surface area contributed by atoms with Crippen molar-refractivity contribution in [1.29, 1.82) is 0 Å². The third-order valence-corrected chi connectivity index (χ3v) is 4.17. The fraction of sp³-hybridized carbons (Fsp3) is 0.692. The van der Waals surface area contributed by atoms with Gasteiger partial charge in [0.2, 0.25) is 16.0 Å². The molecule has 6 nitrogen and oxygen atoms in total. The van der Waals surface area contributed by atoms with Crippen LogP contribution in [0.2, 0.25) is 0 Å². The van der Waals surface area contributed by atoms with Gasteiger partial charge in [0.05, 0.1) is 6.26 Å². The third kappa shape index (κ3) is 4.14. The molecule has 1 aliphatic heterocycles. The van der Waals surface area contributed by atoms with Crippen molar-refractivity contribution in [3.05, 3.63) is 17.5 Å². The van der Waals surface area contributed by atoms with Crippen molar-refractivity contribution >= 4 is 16.0 Å². The fourth-order valence-electron chi connectivity index (χ4n) is 2.65. The Labute approximate surface area is 120 Å². The Kier molecular flexibility index (Phi) is 4.59. The van der Waals surface area contributed by atoms with Gasteiger partial charge in [0.15, 0.2) is 0 Å². The molecule has 0 radical (unpaired) electrons.